The number of rotatable bonds is 5. The standard InChI is InChI=1S/C18H18O5/c1-12(19)22-16-9-7-14(8-10-16)18(23-13(2)20)15-5-4-6-17(11-15)21-3/h4-11,18H,1-3H3. The smallest absolute Gasteiger partial charge is 0.308 e. The van der Waals surface area contributed by atoms with Crippen LogP contribution in [0.25, 0.3) is 0 Å². The van der Waals surface area contributed by atoms with Gasteiger partial charge >= 0.3 is 11.9 Å². The minimum absolute atomic E-state index is 0.387. The highest BCUT2D eigenvalue weighted by atomic mass is 16.5. The van der Waals surface area contributed by atoms with Gasteiger partial charge in [-0.2, -0.15) is 0 Å². The van der Waals surface area contributed by atoms with Crippen LogP contribution >= 0.6 is 0 Å². The second-order valence-electron chi connectivity index (χ2n) is 4.93. The van der Waals surface area contributed by atoms with Gasteiger partial charge in [0.05, 0.1) is 7.11 Å². The Morgan fingerprint density at radius 3 is 2.13 bits per heavy atom. The Morgan fingerprint density at radius 1 is 0.870 bits per heavy atom. The fourth-order valence-electron chi connectivity index (χ4n) is 2.18. The van der Waals surface area contributed by atoms with Crippen LogP contribution in [0.1, 0.15) is 31.1 Å². The molecule has 0 saturated carbocycles. The zero-order valence-corrected chi connectivity index (χ0v) is 13.2. The van der Waals surface area contributed by atoms with Crippen molar-refractivity contribution in [3.05, 3.63) is 59.7 Å². The van der Waals surface area contributed by atoms with Gasteiger partial charge in [-0.15, -0.1) is 0 Å². The molecule has 5 nitrogen and oxygen atoms in total. The molecule has 1 atom stereocenters. The van der Waals surface area contributed by atoms with E-state index in [9.17, 15) is 9.59 Å². The first kappa shape index (κ1) is 16.5. The molecule has 2 aromatic rings. The Kier molecular flexibility index (Phi) is 5.36. The summed E-state index contributed by atoms with van der Waals surface area (Å²) in [5.41, 5.74) is 1.56. The second-order valence-corrected chi connectivity index (χ2v) is 4.93. The van der Waals surface area contributed by atoms with Crippen molar-refractivity contribution in [3.8, 4) is 11.5 Å². The number of esters is 2. The predicted molar refractivity (Wildman–Crippen MR) is 84.4 cm³/mol. The lowest BCUT2D eigenvalue weighted by molar-refractivity contribution is -0.144. The first-order valence-electron chi connectivity index (χ1n) is 7.09. The van der Waals surface area contributed by atoms with Crippen LogP contribution in [0, 0.1) is 0 Å². The highest BCUT2D eigenvalue weighted by molar-refractivity contribution is 5.69. The van der Waals surface area contributed by atoms with E-state index in [1.54, 1.807) is 31.4 Å². The largest absolute Gasteiger partial charge is 0.497 e. The van der Waals surface area contributed by atoms with E-state index in [0.717, 1.165) is 11.1 Å². The minimum atomic E-state index is -0.561. The van der Waals surface area contributed by atoms with E-state index in [-0.39, 0.29) is 11.9 Å². The summed E-state index contributed by atoms with van der Waals surface area (Å²) in [5.74, 6) is 0.341. The van der Waals surface area contributed by atoms with Gasteiger partial charge in [-0.05, 0) is 29.8 Å². The number of carbonyl (C=O) groups is 2. The maximum absolute atomic E-state index is 11.4. The number of hydrogen-bond acceptors (Lipinski definition) is 5. The molecule has 0 amide bonds. The maximum atomic E-state index is 11.4. The molecule has 0 saturated heterocycles. The summed E-state index contributed by atoms with van der Waals surface area (Å²) in [6.45, 7) is 2.70. The van der Waals surface area contributed by atoms with Crippen LogP contribution in [0.4, 0.5) is 0 Å². The van der Waals surface area contributed by atoms with Gasteiger partial charge in [0, 0.05) is 19.4 Å². The summed E-state index contributed by atoms with van der Waals surface area (Å²) < 4.78 is 15.7. The summed E-state index contributed by atoms with van der Waals surface area (Å²) in [5, 5.41) is 0. The van der Waals surface area contributed by atoms with Gasteiger partial charge in [0.2, 0.25) is 0 Å². The number of methoxy groups -OCH3 is 1. The summed E-state index contributed by atoms with van der Waals surface area (Å²) in [4.78, 5) is 22.4. The van der Waals surface area contributed by atoms with Crippen molar-refractivity contribution in [1.29, 1.82) is 0 Å². The Bertz CT molecular complexity index is 691. The van der Waals surface area contributed by atoms with Gasteiger partial charge < -0.3 is 14.2 Å². The summed E-state index contributed by atoms with van der Waals surface area (Å²) in [7, 11) is 1.58. The van der Waals surface area contributed by atoms with E-state index in [4.69, 9.17) is 14.2 Å². The van der Waals surface area contributed by atoms with Crippen molar-refractivity contribution in [2.75, 3.05) is 7.11 Å². The van der Waals surface area contributed by atoms with Crippen molar-refractivity contribution in [2.45, 2.75) is 20.0 Å². The summed E-state index contributed by atoms with van der Waals surface area (Å²) in [6, 6.07) is 14.2. The van der Waals surface area contributed by atoms with Crippen molar-refractivity contribution < 1.29 is 23.8 Å². The quantitative estimate of drug-likeness (QED) is 0.626. The van der Waals surface area contributed by atoms with Crippen LogP contribution in [-0.4, -0.2) is 19.0 Å². The second kappa shape index (κ2) is 7.45. The average Bonchev–Trinajstić information content (AvgIpc) is 2.53. The number of hydrogen-bond donors (Lipinski definition) is 0. The molecule has 23 heavy (non-hydrogen) atoms. The van der Waals surface area contributed by atoms with Crippen LogP contribution in [0.5, 0.6) is 11.5 Å². The van der Waals surface area contributed by atoms with E-state index >= 15 is 0 Å². The molecule has 0 heterocycles. The SMILES string of the molecule is COc1cccc(C(OC(C)=O)c2ccc(OC(C)=O)cc2)c1. The molecule has 5 heteroatoms. The van der Waals surface area contributed by atoms with Crippen LogP contribution in [0.2, 0.25) is 0 Å². The molecule has 120 valence electrons. The highest BCUT2D eigenvalue weighted by Gasteiger charge is 2.18. The lowest BCUT2D eigenvalue weighted by atomic mass is 10.0. The summed E-state index contributed by atoms with van der Waals surface area (Å²) >= 11 is 0. The van der Waals surface area contributed by atoms with Crippen LogP contribution in [0.15, 0.2) is 48.5 Å². The molecule has 0 fully saturated rings. The molecular weight excluding hydrogens is 296 g/mol. The Balaban J connectivity index is 2.34. The number of benzene rings is 2. The van der Waals surface area contributed by atoms with Gasteiger partial charge in [-0.1, -0.05) is 24.3 Å². The molecular formula is C18H18O5. The van der Waals surface area contributed by atoms with Crippen LogP contribution in [-0.2, 0) is 14.3 Å². The molecule has 0 aliphatic rings. The van der Waals surface area contributed by atoms with Crippen LogP contribution in [0.3, 0.4) is 0 Å². The van der Waals surface area contributed by atoms with E-state index in [1.807, 2.05) is 24.3 Å². The molecule has 2 aromatic carbocycles. The Morgan fingerprint density at radius 2 is 1.57 bits per heavy atom. The fraction of sp³-hybridized carbons (Fsp3) is 0.222. The van der Waals surface area contributed by atoms with Gasteiger partial charge in [0.15, 0.2) is 6.10 Å². The monoisotopic (exact) mass is 314 g/mol. The Hall–Kier alpha value is -2.82. The zero-order valence-electron chi connectivity index (χ0n) is 13.2. The third-order valence-electron chi connectivity index (χ3n) is 3.12. The maximum Gasteiger partial charge on any atom is 0.308 e. The fourth-order valence-corrected chi connectivity index (χ4v) is 2.18. The van der Waals surface area contributed by atoms with Gasteiger partial charge in [0.25, 0.3) is 0 Å². The van der Waals surface area contributed by atoms with Crippen molar-refractivity contribution in [1.82, 2.24) is 0 Å². The topological polar surface area (TPSA) is 61.8 Å². The number of ether oxygens (including phenoxy) is 3. The first-order chi connectivity index (χ1) is 11.0. The molecule has 0 aliphatic carbocycles. The van der Waals surface area contributed by atoms with E-state index in [2.05, 4.69) is 0 Å². The lowest BCUT2D eigenvalue weighted by Crippen LogP contribution is -2.10. The molecule has 1 unspecified atom stereocenters. The van der Waals surface area contributed by atoms with Crippen LogP contribution < -0.4 is 9.47 Å². The molecule has 0 aliphatic heterocycles. The molecule has 0 bridgehead atoms. The van der Waals surface area contributed by atoms with E-state index < -0.39 is 6.10 Å². The lowest BCUT2D eigenvalue weighted by Gasteiger charge is -2.19. The number of carbonyl (C=O) groups excluding carboxylic acids is 2. The van der Waals surface area contributed by atoms with Crippen molar-refractivity contribution in [2.24, 2.45) is 0 Å². The third-order valence-corrected chi connectivity index (χ3v) is 3.12. The summed E-state index contributed by atoms with van der Waals surface area (Å²) in [6.07, 6.45) is -0.561. The van der Waals surface area contributed by atoms with Gasteiger partial charge in [-0.3, -0.25) is 9.59 Å². The normalized spacial score (nSPS) is 11.4. The van der Waals surface area contributed by atoms with Crippen molar-refractivity contribution in [3.63, 3.8) is 0 Å². The minimum Gasteiger partial charge on any atom is -0.497 e. The predicted octanol–water partition coefficient (Wildman–Crippen LogP) is 3.27. The highest BCUT2D eigenvalue weighted by Crippen LogP contribution is 2.29. The Labute approximate surface area is 134 Å². The molecule has 0 N–H and O–H groups in total. The molecule has 0 spiro atoms. The third kappa shape index (κ3) is 4.57. The molecule has 0 aromatic heterocycles. The van der Waals surface area contributed by atoms with E-state index in [0.29, 0.717) is 11.5 Å². The molecule has 2 rings (SSSR count). The zero-order chi connectivity index (χ0) is 16.8. The first-order valence-corrected chi connectivity index (χ1v) is 7.09. The van der Waals surface area contributed by atoms with Gasteiger partial charge in [0.1, 0.15) is 11.5 Å². The van der Waals surface area contributed by atoms with Gasteiger partial charge in [-0.25, -0.2) is 0 Å². The average molecular weight is 314 g/mol. The van der Waals surface area contributed by atoms with Crippen molar-refractivity contribution >= 4 is 11.9 Å². The molecule has 0 radical (unpaired) electrons. The van der Waals surface area contributed by atoms with E-state index in [1.165, 1.54) is 13.8 Å².